The van der Waals surface area contributed by atoms with Crippen LogP contribution in [0, 0.1) is 11.8 Å². The van der Waals surface area contributed by atoms with E-state index in [0.717, 1.165) is 66.5 Å². The lowest BCUT2D eigenvalue weighted by Crippen LogP contribution is -2.63. The van der Waals surface area contributed by atoms with E-state index in [0.29, 0.717) is 31.9 Å². The van der Waals surface area contributed by atoms with Crippen molar-refractivity contribution in [2.75, 3.05) is 32.8 Å². The fourth-order valence-electron chi connectivity index (χ4n) is 6.52. The summed E-state index contributed by atoms with van der Waals surface area (Å²) in [6.45, 7) is 13.9. The minimum atomic E-state index is -1.03. The predicted octanol–water partition coefficient (Wildman–Crippen LogP) is 5.33. The molecule has 1 saturated heterocycles. The van der Waals surface area contributed by atoms with E-state index in [-0.39, 0.29) is 11.8 Å². The summed E-state index contributed by atoms with van der Waals surface area (Å²) in [5.41, 5.74) is 1.55. The molecule has 1 aromatic heterocycles. The van der Waals surface area contributed by atoms with Gasteiger partial charge < -0.3 is 24.4 Å². The van der Waals surface area contributed by atoms with Crippen LogP contribution < -0.4 is 10.1 Å². The molecular formula is C33H44N4O3. The Hall–Kier alpha value is -3.32. The van der Waals surface area contributed by atoms with Crippen molar-refractivity contribution in [3.05, 3.63) is 65.9 Å². The van der Waals surface area contributed by atoms with Gasteiger partial charge in [0.2, 0.25) is 5.91 Å². The standard InChI is InChI=1S/C33H44N4O3/c1-5-17-40-28-13-11-26(12-14-28)22-37-31(38)30-19-27-9-6-7-10-29(27)36(30)23-33(37,4)32(39)34-15-8-16-35-20-24(2)18-25(3)21-35/h6-7,9-14,19,24-25H,5,8,15-18,20-23H2,1-4H3,(H,34,39). The predicted molar refractivity (Wildman–Crippen MR) is 159 cm³/mol. The van der Waals surface area contributed by atoms with Crippen LogP contribution in [0.4, 0.5) is 0 Å². The second-order valence-corrected chi connectivity index (χ2v) is 12.1. The second-order valence-electron chi connectivity index (χ2n) is 12.1. The number of aromatic nitrogens is 1. The highest BCUT2D eigenvalue weighted by atomic mass is 16.5. The molecule has 1 fully saturated rings. The molecule has 1 N–H and O–H groups in total. The molecule has 214 valence electrons. The van der Waals surface area contributed by atoms with Crippen molar-refractivity contribution < 1.29 is 14.3 Å². The van der Waals surface area contributed by atoms with Gasteiger partial charge in [-0.05, 0) is 74.4 Å². The van der Waals surface area contributed by atoms with Crippen LogP contribution in [0.2, 0.25) is 0 Å². The zero-order chi connectivity index (χ0) is 28.3. The molecule has 0 saturated carbocycles. The Kier molecular flexibility index (Phi) is 8.50. The molecule has 3 atom stereocenters. The van der Waals surface area contributed by atoms with E-state index in [2.05, 4.69) is 31.0 Å². The molecule has 2 aliphatic rings. The molecule has 0 spiro atoms. The minimum Gasteiger partial charge on any atom is -0.494 e. The van der Waals surface area contributed by atoms with Crippen molar-refractivity contribution in [2.24, 2.45) is 11.8 Å². The van der Waals surface area contributed by atoms with Crippen molar-refractivity contribution in [3.63, 3.8) is 0 Å². The Labute approximate surface area is 238 Å². The molecule has 0 radical (unpaired) electrons. The third-order valence-corrected chi connectivity index (χ3v) is 8.44. The number of ether oxygens (including phenoxy) is 1. The summed E-state index contributed by atoms with van der Waals surface area (Å²) in [7, 11) is 0. The number of para-hydroxylation sites is 1. The zero-order valence-electron chi connectivity index (χ0n) is 24.5. The van der Waals surface area contributed by atoms with E-state index in [1.807, 2.05) is 66.1 Å². The fraction of sp³-hybridized carbons (Fsp3) is 0.515. The first kappa shape index (κ1) is 28.2. The Bertz CT molecular complexity index is 1320. The van der Waals surface area contributed by atoms with Gasteiger partial charge in [0.1, 0.15) is 17.0 Å². The lowest BCUT2D eigenvalue weighted by atomic mass is 9.92. The molecule has 0 aliphatic carbocycles. The largest absolute Gasteiger partial charge is 0.494 e. The number of carbonyl (C=O) groups is 2. The third-order valence-electron chi connectivity index (χ3n) is 8.44. The zero-order valence-corrected chi connectivity index (χ0v) is 24.5. The molecule has 5 rings (SSSR count). The Morgan fingerprint density at radius 1 is 1.07 bits per heavy atom. The van der Waals surface area contributed by atoms with E-state index in [1.54, 1.807) is 4.90 Å². The van der Waals surface area contributed by atoms with Gasteiger partial charge in [0.15, 0.2) is 0 Å². The van der Waals surface area contributed by atoms with Crippen LogP contribution in [0.1, 0.15) is 63.0 Å². The molecule has 3 aromatic rings. The summed E-state index contributed by atoms with van der Waals surface area (Å²) in [4.78, 5) is 32.2. The summed E-state index contributed by atoms with van der Waals surface area (Å²) in [5.74, 6) is 2.03. The van der Waals surface area contributed by atoms with Gasteiger partial charge >= 0.3 is 0 Å². The van der Waals surface area contributed by atoms with Gasteiger partial charge in [0.05, 0.1) is 13.2 Å². The summed E-state index contributed by atoms with van der Waals surface area (Å²) >= 11 is 0. The van der Waals surface area contributed by atoms with Crippen LogP contribution in [-0.4, -0.2) is 64.5 Å². The maximum Gasteiger partial charge on any atom is 0.271 e. The van der Waals surface area contributed by atoms with Gasteiger partial charge in [-0.2, -0.15) is 0 Å². The number of fused-ring (bicyclic) bond motifs is 3. The Balaban J connectivity index is 1.34. The first-order chi connectivity index (χ1) is 19.3. The van der Waals surface area contributed by atoms with Crippen molar-refractivity contribution in [3.8, 4) is 5.75 Å². The maximum atomic E-state index is 14.0. The summed E-state index contributed by atoms with van der Waals surface area (Å²) < 4.78 is 7.76. The maximum absolute atomic E-state index is 14.0. The van der Waals surface area contributed by atoms with Crippen LogP contribution in [0.15, 0.2) is 54.6 Å². The number of likely N-dealkylation sites (tertiary alicyclic amines) is 1. The van der Waals surface area contributed by atoms with Gasteiger partial charge in [0.25, 0.3) is 5.91 Å². The quantitative estimate of drug-likeness (QED) is 0.351. The number of rotatable bonds is 10. The molecule has 0 bridgehead atoms. The highest BCUT2D eigenvalue weighted by Gasteiger charge is 2.47. The van der Waals surface area contributed by atoms with Crippen molar-refractivity contribution in [1.29, 1.82) is 0 Å². The number of benzene rings is 2. The highest BCUT2D eigenvalue weighted by molar-refractivity contribution is 6.03. The number of amides is 2. The monoisotopic (exact) mass is 544 g/mol. The molecular weight excluding hydrogens is 500 g/mol. The van der Waals surface area contributed by atoms with E-state index in [9.17, 15) is 9.59 Å². The molecule has 3 unspecified atom stereocenters. The van der Waals surface area contributed by atoms with Crippen molar-refractivity contribution in [1.82, 2.24) is 19.7 Å². The highest BCUT2D eigenvalue weighted by Crippen LogP contribution is 2.33. The molecule has 7 heteroatoms. The summed E-state index contributed by atoms with van der Waals surface area (Å²) in [5, 5.41) is 4.21. The Morgan fingerprint density at radius 3 is 2.52 bits per heavy atom. The van der Waals surface area contributed by atoms with Crippen molar-refractivity contribution >= 4 is 22.7 Å². The van der Waals surface area contributed by atoms with Gasteiger partial charge in [-0.3, -0.25) is 9.59 Å². The molecule has 3 heterocycles. The average molecular weight is 545 g/mol. The van der Waals surface area contributed by atoms with Gasteiger partial charge in [-0.15, -0.1) is 0 Å². The van der Waals surface area contributed by atoms with Crippen molar-refractivity contribution in [2.45, 2.75) is 65.6 Å². The lowest BCUT2D eigenvalue weighted by molar-refractivity contribution is -0.133. The summed E-state index contributed by atoms with van der Waals surface area (Å²) in [6, 6.07) is 17.8. The average Bonchev–Trinajstić information content (AvgIpc) is 3.30. The third kappa shape index (κ3) is 5.90. The fourth-order valence-corrected chi connectivity index (χ4v) is 6.52. The van der Waals surface area contributed by atoms with Crippen LogP contribution in [0.25, 0.3) is 10.9 Å². The minimum absolute atomic E-state index is 0.104. The molecule has 40 heavy (non-hydrogen) atoms. The summed E-state index contributed by atoms with van der Waals surface area (Å²) in [6.07, 6.45) is 3.13. The van der Waals surface area contributed by atoms with Crippen LogP contribution in [0.3, 0.4) is 0 Å². The first-order valence-corrected chi connectivity index (χ1v) is 14.9. The number of nitrogens with one attached hydrogen (secondary N) is 1. The molecule has 2 aliphatic heterocycles. The number of nitrogens with zero attached hydrogens (tertiary/aromatic N) is 3. The van der Waals surface area contributed by atoms with Gasteiger partial charge in [0, 0.05) is 37.1 Å². The van der Waals surface area contributed by atoms with Crippen LogP contribution in [-0.2, 0) is 17.9 Å². The molecule has 2 aromatic carbocycles. The number of hydrogen-bond donors (Lipinski definition) is 1. The van der Waals surface area contributed by atoms with E-state index < -0.39 is 5.54 Å². The van der Waals surface area contributed by atoms with Crippen LogP contribution >= 0.6 is 0 Å². The molecule has 7 nitrogen and oxygen atoms in total. The second kappa shape index (κ2) is 12.0. The SMILES string of the molecule is CCCOc1ccc(CN2C(=O)c3cc4ccccc4n3CC2(C)C(=O)NCCCN2CC(C)CC(C)C2)cc1. The number of hydrogen-bond acceptors (Lipinski definition) is 4. The van der Waals surface area contributed by atoms with Crippen LogP contribution in [0.5, 0.6) is 5.75 Å². The van der Waals surface area contributed by atoms with Gasteiger partial charge in [-0.1, -0.05) is 51.1 Å². The first-order valence-electron chi connectivity index (χ1n) is 14.9. The normalized spacial score (nSPS) is 23.3. The molecule has 2 amide bonds. The lowest BCUT2D eigenvalue weighted by Gasteiger charge is -2.44. The smallest absolute Gasteiger partial charge is 0.271 e. The van der Waals surface area contributed by atoms with Gasteiger partial charge in [-0.25, -0.2) is 0 Å². The van der Waals surface area contributed by atoms with E-state index in [4.69, 9.17) is 4.74 Å². The van der Waals surface area contributed by atoms with E-state index in [1.165, 1.54) is 6.42 Å². The number of piperidine rings is 1. The topological polar surface area (TPSA) is 66.8 Å². The number of carbonyl (C=O) groups excluding carboxylic acids is 2. The van der Waals surface area contributed by atoms with E-state index >= 15 is 0 Å². The Morgan fingerprint density at radius 2 is 1.80 bits per heavy atom.